The number of anilines is 1. The van der Waals surface area contributed by atoms with Gasteiger partial charge in [0.1, 0.15) is 11.6 Å². The molecule has 0 amide bonds. The summed E-state index contributed by atoms with van der Waals surface area (Å²) >= 11 is 5.96. The molecule has 4 nitrogen and oxygen atoms in total. The van der Waals surface area contributed by atoms with E-state index in [0.717, 1.165) is 0 Å². The number of aromatic nitrogens is 2. The van der Waals surface area contributed by atoms with E-state index in [1.807, 2.05) is 12.1 Å². The summed E-state index contributed by atoms with van der Waals surface area (Å²) in [5, 5.41) is 3.42. The number of rotatable bonds is 3. The molecule has 2 aromatic rings. The monoisotopic (exact) mass is 235 g/mol. The summed E-state index contributed by atoms with van der Waals surface area (Å²) in [6.07, 6.45) is 3.14. The smallest absolute Gasteiger partial charge is 0.239 e. The van der Waals surface area contributed by atoms with Gasteiger partial charge < -0.3 is 10.1 Å². The van der Waals surface area contributed by atoms with Crippen molar-refractivity contribution in [3.63, 3.8) is 0 Å². The predicted octanol–water partition coefficient (Wildman–Crippen LogP) is 2.96. The quantitative estimate of drug-likeness (QED) is 0.889. The number of hydrogen-bond acceptors (Lipinski definition) is 4. The lowest BCUT2D eigenvalue weighted by molar-refractivity contribution is 0.461. The molecular weight excluding hydrogens is 226 g/mol. The van der Waals surface area contributed by atoms with Gasteiger partial charge in [-0.25, -0.2) is 0 Å². The third-order valence-corrected chi connectivity index (χ3v) is 2.23. The van der Waals surface area contributed by atoms with E-state index in [1.165, 1.54) is 6.20 Å². The molecule has 2 rings (SSSR count). The van der Waals surface area contributed by atoms with Crippen LogP contribution in [0.15, 0.2) is 36.7 Å². The van der Waals surface area contributed by atoms with Crippen LogP contribution >= 0.6 is 11.6 Å². The fourth-order valence-corrected chi connectivity index (χ4v) is 1.33. The van der Waals surface area contributed by atoms with Crippen molar-refractivity contribution < 1.29 is 4.74 Å². The Morgan fingerprint density at radius 3 is 2.81 bits per heavy atom. The lowest BCUT2D eigenvalue weighted by atomic mass is 10.3. The summed E-state index contributed by atoms with van der Waals surface area (Å²) in [6, 6.07) is 7.21. The van der Waals surface area contributed by atoms with Crippen molar-refractivity contribution in [1.82, 2.24) is 9.97 Å². The van der Waals surface area contributed by atoms with Crippen molar-refractivity contribution in [2.45, 2.75) is 0 Å². The fraction of sp³-hybridized carbons (Fsp3) is 0.0909. The van der Waals surface area contributed by atoms with E-state index in [1.54, 1.807) is 25.4 Å². The number of para-hydroxylation sites is 1. The molecule has 0 bridgehead atoms. The molecule has 0 atom stereocenters. The van der Waals surface area contributed by atoms with Crippen molar-refractivity contribution in [2.75, 3.05) is 12.4 Å². The Morgan fingerprint density at radius 1 is 1.25 bits per heavy atom. The van der Waals surface area contributed by atoms with Crippen LogP contribution in [-0.4, -0.2) is 17.0 Å². The number of halogens is 1. The minimum Gasteiger partial charge on any atom is -0.436 e. The van der Waals surface area contributed by atoms with Crippen molar-refractivity contribution in [3.05, 3.63) is 41.7 Å². The number of hydrogen-bond donors (Lipinski definition) is 1. The van der Waals surface area contributed by atoms with E-state index in [4.69, 9.17) is 16.3 Å². The maximum absolute atomic E-state index is 5.96. The molecule has 0 aliphatic rings. The Morgan fingerprint density at radius 2 is 2.06 bits per heavy atom. The van der Waals surface area contributed by atoms with E-state index >= 15 is 0 Å². The topological polar surface area (TPSA) is 47.0 Å². The van der Waals surface area contributed by atoms with Crippen LogP contribution in [0.1, 0.15) is 0 Å². The van der Waals surface area contributed by atoms with Gasteiger partial charge >= 0.3 is 0 Å². The summed E-state index contributed by atoms with van der Waals surface area (Å²) in [7, 11) is 1.77. The zero-order valence-electron chi connectivity index (χ0n) is 8.64. The second-order valence-corrected chi connectivity index (χ2v) is 3.43. The normalized spacial score (nSPS) is 9.88. The molecule has 0 radical (unpaired) electrons. The molecule has 0 aliphatic heterocycles. The average Bonchev–Trinajstić information content (AvgIpc) is 2.32. The summed E-state index contributed by atoms with van der Waals surface area (Å²) in [6.45, 7) is 0. The first kappa shape index (κ1) is 10.7. The molecule has 1 heterocycles. The Balaban J connectivity index is 2.24. The average molecular weight is 236 g/mol. The Labute approximate surface area is 98.3 Å². The SMILES string of the molecule is CNc1cncc(Oc2ccccc2Cl)n1. The van der Waals surface area contributed by atoms with Crippen LogP contribution in [0.3, 0.4) is 0 Å². The van der Waals surface area contributed by atoms with Crippen molar-refractivity contribution >= 4 is 17.4 Å². The van der Waals surface area contributed by atoms with Crippen LogP contribution in [0.5, 0.6) is 11.6 Å². The highest BCUT2D eigenvalue weighted by molar-refractivity contribution is 6.32. The molecule has 1 aromatic heterocycles. The van der Waals surface area contributed by atoms with Crippen LogP contribution in [-0.2, 0) is 0 Å². The van der Waals surface area contributed by atoms with E-state index in [0.29, 0.717) is 22.5 Å². The molecular formula is C11H10ClN3O. The number of nitrogens with zero attached hydrogens (tertiary/aromatic N) is 2. The first-order chi connectivity index (χ1) is 7.79. The highest BCUT2D eigenvalue weighted by atomic mass is 35.5. The third kappa shape index (κ3) is 2.41. The van der Waals surface area contributed by atoms with Gasteiger partial charge in [0.05, 0.1) is 17.4 Å². The van der Waals surface area contributed by atoms with Gasteiger partial charge in [0.2, 0.25) is 5.88 Å². The first-order valence-electron chi connectivity index (χ1n) is 4.72. The minimum atomic E-state index is 0.403. The van der Waals surface area contributed by atoms with Crippen LogP contribution in [0.2, 0.25) is 5.02 Å². The van der Waals surface area contributed by atoms with Gasteiger partial charge in [-0.2, -0.15) is 4.98 Å². The number of benzene rings is 1. The maximum Gasteiger partial charge on any atom is 0.239 e. The highest BCUT2D eigenvalue weighted by Gasteiger charge is 2.03. The van der Waals surface area contributed by atoms with Crippen molar-refractivity contribution in [1.29, 1.82) is 0 Å². The lowest BCUT2D eigenvalue weighted by Gasteiger charge is -2.06. The van der Waals surface area contributed by atoms with Crippen LogP contribution < -0.4 is 10.1 Å². The largest absolute Gasteiger partial charge is 0.436 e. The van der Waals surface area contributed by atoms with Gasteiger partial charge in [0, 0.05) is 7.05 Å². The van der Waals surface area contributed by atoms with E-state index in [-0.39, 0.29) is 0 Å². The predicted molar refractivity (Wildman–Crippen MR) is 63.1 cm³/mol. The minimum absolute atomic E-state index is 0.403. The molecule has 82 valence electrons. The Kier molecular flexibility index (Phi) is 3.22. The maximum atomic E-state index is 5.96. The molecule has 0 saturated heterocycles. The summed E-state index contributed by atoms with van der Waals surface area (Å²) in [5.74, 6) is 1.61. The first-order valence-corrected chi connectivity index (χ1v) is 5.09. The molecule has 5 heteroatoms. The van der Waals surface area contributed by atoms with E-state index < -0.39 is 0 Å². The van der Waals surface area contributed by atoms with Gasteiger partial charge in [0.15, 0.2) is 0 Å². The molecule has 1 aromatic carbocycles. The lowest BCUT2D eigenvalue weighted by Crippen LogP contribution is -1.95. The second kappa shape index (κ2) is 4.81. The van der Waals surface area contributed by atoms with Crippen molar-refractivity contribution in [3.8, 4) is 11.6 Å². The van der Waals surface area contributed by atoms with E-state index in [2.05, 4.69) is 15.3 Å². The molecule has 0 aliphatic carbocycles. The molecule has 0 unspecified atom stereocenters. The standard InChI is InChI=1S/C11H10ClN3O/c1-13-10-6-14-7-11(15-10)16-9-5-3-2-4-8(9)12/h2-7H,1H3,(H,13,15). The summed E-state index contributed by atoms with van der Waals surface area (Å²) < 4.78 is 5.51. The highest BCUT2D eigenvalue weighted by Crippen LogP contribution is 2.27. The number of ether oxygens (including phenoxy) is 1. The van der Waals surface area contributed by atoms with Gasteiger partial charge in [-0.1, -0.05) is 23.7 Å². The van der Waals surface area contributed by atoms with Crippen LogP contribution in [0.25, 0.3) is 0 Å². The third-order valence-electron chi connectivity index (χ3n) is 1.92. The van der Waals surface area contributed by atoms with Gasteiger partial charge in [-0.05, 0) is 12.1 Å². The zero-order chi connectivity index (χ0) is 11.4. The van der Waals surface area contributed by atoms with Crippen molar-refractivity contribution in [2.24, 2.45) is 0 Å². The van der Waals surface area contributed by atoms with Gasteiger partial charge in [-0.3, -0.25) is 4.98 Å². The fourth-order valence-electron chi connectivity index (χ4n) is 1.16. The van der Waals surface area contributed by atoms with Gasteiger partial charge in [-0.15, -0.1) is 0 Å². The van der Waals surface area contributed by atoms with E-state index in [9.17, 15) is 0 Å². The second-order valence-electron chi connectivity index (χ2n) is 3.03. The zero-order valence-corrected chi connectivity index (χ0v) is 9.40. The molecule has 1 N–H and O–H groups in total. The Hall–Kier alpha value is -1.81. The summed E-state index contributed by atoms with van der Waals surface area (Å²) in [4.78, 5) is 8.16. The molecule has 16 heavy (non-hydrogen) atoms. The Bertz CT molecular complexity index is 490. The van der Waals surface area contributed by atoms with Gasteiger partial charge in [0.25, 0.3) is 0 Å². The number of nitrogens with one attached hydrogen (secondary N) is 1. The summed E-state index contributed by atoms with van der Waals surface area (Å²) in [5.41, 5.74) is 0. The van der Waals surface area contributed by atoms with Crippen LogP contribution in [0.4, 0.5) is 5.82 Å². The molecule has 0 spiro atoms. The molecule has 0 fully saturated rings. The van der Waals surface area contributed by atoms with Crippen LogP contribution in [0, 0.1) is 0 Å². The molecule has 0 saturated carbocycles.